The quantitative estimate of drug-likeness (QED) is 0.0980. The Morgan fingerprint density at radius 2 is 1.27 bits per heavy atom. The van der Waals surface area contributed by atoms with Gasteiger partial charge < -0.3 is 41.9 Å². The summed E-state index contributed by atoms with van der Waals surface area (Å²) in [4.78, 5) is 69.7. The minimum atomic E-state index is -1.41. The fraction of sp³-hybridized carbons (Fsp3) is 0.344. The molecule has 0 aliphatic carbocycles. The van der Waals surface area contributed by atoms with E-state index in [2.05, 4.69) is 25.9 Å². The van der Waals surface area contributed by atoms with E-state index in [9.17, 15) is 29.1 Å². The number of H-pyrrole nitrogens is 2. The summed E-state index contributed by atoms with van der Waals surface area (Å²) >= 11 is 0. The first kappa shape index (κ1) is 32.7. The van der Waals surface area contributed by atoms with Crippen LogP contribution in [-0.2, 0) is 36.8 Å². The van der Waals surface area contributed by atoms with Crippen molar-refractivity contribution >= 4 is 51.5 Å². The predicted octanol–water partition coefficient (Wildman–Crippen LogP) is 1.82. The number of fused-ring (bicyclic) bond motifs is 2. The molecular formula is C32H38N6O7. The second-order valence-electron chi connectivity index (χ2n) is 11.2. The van der Waals surface area contributed by atoms with Gasteiger partial charge in [0.15, 0.2) is 0 Å². The second-order valence-corrected chi connectivity index (χ2v) is 11.2. The Morgan fingerprint density at radius 1 is 0.756 bits per heavy atom. The summed E-state index contributed by atoms with van der Waals surface area (Å²) in [6.45, 7) is 3.57. The van der Waals surface area contributed by atoms with Crippen molar-refractivity contribution in [1.82, 2.24) is 25.9 Å². The van der Waals surface area contributed by atoms with Gasteiger partial charge in [0.05, 0.1) is 12.5 Å². The van der Waals surface area contributed by atoms with Crippen LogP contribution in [-0.4, -0.2) is 74.0 Å². The fourth-order valence-corrected chi connectivity index (χ4v) is 5.23. The number of para-hydroxylation sites is 2. The first-order chi connectivity index (χ1) is 21.5. The molecule has 5 atom stereocenters. The van der Waals surface area contributed by atoms with Crippen LogP contribution in [0.4, 0.5) is 0 Å². The van der Waals surface area contributed by atoms with E-state index in [0.29, 0.717) is 17.5 Å². The molecular weight excluding hydrogens is 580 g/mol. The van der Waals surface area contributed by atoms with Crippen LogP contribution in [0.3, 0.4) is 0 Å². The van der Waals surface area contributed by atoms with Crippen molar-refractivity contribution in [2.45, 2.75) is 63.7 Å². The van der Waals surface area contributed by atoms with Crippen molar-refractivity contribution in [3.8, 4) is 0 Å². The molecule has 238 valence electrons. The summed E-state index contributed by atoms with van der Waals surface area (Å²) in [5, 5.41) is 28.6. The minimum absolute atomic E-state index is 0.00692. The highest BCUT2D eigenvalue weighted by atomic mass is 16.4. The molecule has 2 heterocycles. The lowest BCUT2D eigenvalue weighted by atomic mass is 9.96. The van der Waals surface area contributed by atoms with E-state index in [0.717, 1.165) is 21.8 Å². The van der Waals surface area contributed by atoms with Gasteiger partial charge >= 0.3 is 11.9 Å². The topological polar surface area (TPSA) is 219 Å². The van der Waals surface area contributed by atoms with E-state index in [4.69, 9.17) is 10.8 Å². The van der Waals surface area contributed by atoms with E-state index in [-0.39, 0.29) is 12.8 Å². The molecule has 9 N–H and O–H groups in total. The van der Waals surface area contributed by atoms with Crippen molar-refractivity contribution in [3.05, 3.63) is 72.1 Å². The standard InChI is InChI=1S/C32H38N6O7/c1-3-17(2)28(31(43)37-26(32(44)45)13-19-16-35-24-11-7-5-9-21(19)24)38-30(42)25(36-29(41)22(33)14-27(39)40)12-18-15-34-23-10-6-4-8-20(18)23/h4-11,15-17,22,25-26,28,34-35H,3,12-14,33H2,1-2H3,(H,36,41)(H,37,43)(H,38,42)(H,39,40)(H,44,45). The Hall–Kier alpha value is -5.17. The largest absolute Gasteiger partial charge is 0.481 e. The maximum Gasteiger partial charge on any atom is 0.326 e. The molecule has 3 amide bonds. The van der Waals surface area contributed by atoms with Crippen LogP contribution in [0.1, 0.15) is 37.8 Å². The van der Waals surface area contributed by atoms with Crippen LogP contribution in [0.25, 0.3) is 21.8 Å². The van der Waals surface area contributed by atoms with E-state index >= 15 is 0 Å². The lowest BCUT2D eigenvalue weighted by Crippen LogP contribution is -2.59. The third kappa shape index (κ3) is 8.06. The molecule has 4 rings (SSSR count). The highest BCUT2D eigenvalue weighted by Crippen LogP contribution is 2.21. The van der Waals surface area contributed by atoms with Gasteiger partial charge in [-0.2, -0.15) is 0 Å². The van der Waals surface area contributed by atoms with Crippen LogP contribution in [0.2, 0.25) is 0 Å². The molecule has 0 radical (unpaired) electrons. The number of hydrogen-bond acceptors (Lipinski definition) is 6. The summed E-state index contributed by atoms with van der Waals surface area (Å²) < 4.78 is 0. The van der Waals surface area contributed by atoms with Gasteiger partial charge in [-0.05, 0) is 29.2 Å². The number of nitrogens with two attached hydrogens (primary N) is 1. The first-order valence-electron chi connectivity index (χ1n) is 14.7. The van der Waals surface area contributed by atoms with Crippen LogP contribution < -0.4 is 21.7 Å². The molecule has 0 spiro atoms. The first-order valence-corrected chi connectivity index (χ1v) is 14.7. The molecule has 0 fully saturated rings. The Kier molecular flexibility index (Phi) is 10.6. The molecule has 2 aromatic carbocycles. The third-order valence-corrected chi connectivity index (χ3v) is 7.97. The number of hydrogen-bond donors (Lipinski definition) is 8. The van der Waals surface area contributed by atoms with Gasteiger partial charge in [0.1, 0.15) is 18.1 Å². The molecule has 4 aromatic rings. The molecule has 45 heavy (non-hydrogen) atoms. The number of aliphatic carboxylic acids is 2. The fourth-order valence-electron chi connectivity index (χ4n) is 5.23. The predicted molar refractivity (Wildman–Crippen MR) is 167 cm³/mol. The van der Waals surface area contributed by atoms with Crippen molar-refractivity contribution in [1.29, 1.82) is 0 Å². The molecule has 2 aromatic heterocycles. The Bertz CT molecular complexity index is 1700. The summed E-state index contributed by atoms with van der Waals surface area (Å²) in [7, 11) is 0. The van der Waals surface area contributed by atoms with E-state index in [1.807, 2.05) is 55.5 Å². The van der Waals surface area contributed by atoms with Crippen LogP contribution >= 0.6 is 0 Å². The smallest absolute Gasteiger partial charge is 0.326 e. The summed E-state index contributed by atoms with van der Waals surface area (Å²) in [6, 6.07) is 9.74. The van der Waals surface area contributed by atoms with Gasteiger partial charge in [0.2, 0.25) is 17.7 Å². The lowest BCUT2D eigenvalue weighted by Gasteiger charge is -2.28. The molecule has 0 saturated heterocycles. The Morgan fingerprint density at radius 3 is 1.78 bits per heavy atom. The van der Waals surface area contributed by atoms with E-state index in [1.54, 1.807) is 19.3 Å². The number of rotatable bonds is 15. The van der Waals surface area contributed by atoms with Gasteiger partial charge in [-0.15, -0.1) is 0 Å². The number of carboxylic acid groups (broad SMARTS) is 2. The van der Waals surface area contributed by atoms with E-state index < -0.39 is 66.2 Å². The van der Waals surface area contributed by atoms with Crippen LogP contribution in [0.15, 0.2) is 60.9 Å². The number of benzene rings is 2. The summed E-state index contributed by atoms with van der Waals surface area (Å²) in [5.74, 6) is -5.16. The minimum Gasteiger partial charge on any atom is -0.481 e. The Balaban J connectivity index is 1.55. The number of carbonyl (C=O) groups is 5. The van der Waals surface area contributed by atoms with Gasteiger partial charge in [-0.3, -0.25) is 19.2 Å². The van der Waals surface area contributed by atoms with Crippen molar-refractivity contribution in [2.24, 2.45) is 11.7 Å². The molecule has 0 saturated carbocycles. The van der Waals surface area contributed by atoms with Gasteiger partial charge in [0, 0.05) is 47.0 Å². The van der Waals surface area contributed by atoms with Crippen molar-refractivity contribution in [3.63, 3.8) is 0 Å². The van der Waals surface area contributed by atoms with Crippen molar-refractivity contribution in [2.75, 3.05) is 0 Å². The monoisotopic (exact) mass is 618 g/mol. The SMILES string of the molecule is CCC(C)C(NC(=O)C(Cc1c[nH]c2ccccc12)NC(=O)C(N)CC(=O)O)C(=O)NC(Cc1c[nH]c2ccccc12)C(=O)O. The molecule has 0 aliphatic rings. The maximum absolute atomic E-state index is 13.7. The third-order valence-electron chi connectivity index (χ3n) is 7.97. The van der Waals surface area contributed by atoms with Gasteiger partial charge in [-0.25, -0.2) is 4.79 Å². The maximum atomic E-state index is 13.7. The highest BCUT2D eigenvalue weighted by molar-refractivity contribution is 5.96. The zero-order valence-electron chi connectivity index (χ0n) is 25.0. The number of nitrogens with one attached hydrogen (secondary N) is 5. The molecule has 13 heteroatoms. The number of carboxylic acids is 2. The molecule has 0 aliphatic heterocycles. The van der Waals surface area contributed by atoms with Gasteiger partial charge in [-0.1, -0.05) is 56.7 Å². The number of aromatic amines is 2. The second kappa shape index (κ2) is 14.5. The highest BCUT2D eigenvalue weighted by Gasteiger charge is 2.33. The lowest BCUT2D eigenvalue weighted by molar-refractivity contribution is -0.142. The van der Waals surface area contributed by atoms with Crippen molar-refractivity contribution < 1.29 is 34.2 Å². The van der Waals surface area contributed by atoms with Crippen LogP contribution in [0.5, 0.6) is 0 Å². The number of aromatic nitrogens is 2. The van der Waals surface area contributed by atoms with Gasteiger partial charge in [0.25, 0.3) is 0 Å². The Labute approximate surface area is 258 Å². The zero-order valence-corrected chi connectivity index (χ0v) is 25.0. The number of carbonyl (C=O) groups excluding carboxylic acids is 3. The average Bonchev–Trinajstić information content (AvgIpc) is 3.62. The molecule has 0 bridgehead atoms. The zero-order chi connectivity index (χ0) is 32.7. The van der Waals surface area contributed by atoms with Crippen LogP contribution in [0, 0.1) is 5.92 Å². The summed E-state index contributed by atoms with van der Waals surface area (Å²) in [5.41, 5.74) is 8.83. The normalized spacial score (nSPS) is 14.6. The summed E-state index contributed by atoms with van der Waals surface area (Å²) in [6.07, 6.45) is 3.25. The van der Waals surface area contributed by atoms with E-state index in [1.165, 1.54) is 0 Å². The molecule has 5 unspecified atom stereocenters. The number of amides is 3. The molecule has 13 nitrogen and oxygen atoms in total. The average molecular weight is 619 g/mol.